The smallest absolute Gasteiger partial charge is 0.156 e. The van der Waals surface area contributed by atoms with E-state index in [4.69, 9.17) is 0 Å². The number of halogens is 1. The normalized spacial score (nSPS) is 16.9. The van der Waals surface area contributed by atoms with Gasteiger partial charge in [-0.15, -0.1) is 0 Å². The van der Waals surface area contributed by atoms with E-state index in [0.717, 1.165) is 17.8 Å². The summed E-state index contributed by atoms with van der Waals surface area (Å²) >= 11 is 0. The first-order valence-corrected chi connectivity index (χ1v) is 7.18. The fourth-order valence-electron chi connectivity index (χ4n) is 3.16. The van der Waals surface area contributed by atoms with Gasteiger partial charge in [0.15, 0.2) is 6.04 Å². The largest absolute Gasteiger partial charge is 0.331 e. The average Bonchev–Trinajstić information content (AvgIpc) is 2.93. The molecule has 0 bridgehead atoms. The fourth-order valence-corrected chi connectivity index (χ4v) is 3.16. The summed E-state index contributed by atoms with van der Waals surface area (Å²) in [6.45, 7) is 0.844. The standard InChI is InChI=1S/C18H15FN2/c19-15-8-3-2-7-14(15)18-17-10-5-11-21(17)16-9-4-1-6-13(16)12-20-18/h1-11,18,20H,12H2/p+1/t18-/m0/s1. The zero-order valence-corrected chi connectivity index (χ0v) is 11.5. The van der Waals surface area contributed by atoms with Crippen LogP contribution in [-0.2, 0) is 6.54 Å². The number of hydrogen-bond donors (Lipinski definition) is 1. The molecule has 0 unspecified atom stereocenters. The minimum Gasteiger partial charge on any atom is -0.331 e. The third-order valence-electron chi connectivity index (χ3n) is 4.16. The molecule has 0 saturated heterocycles. The van der Waals surface area contributed by atoms with Crippen molar-refractivity contribution in [1.82, 2.24) is 4.57 Å². The lowest BCUT2D eigenvalue weighted by Crippen LogP contribution is -2.83. The Morgan fingerprint density at radius 3 is 2.67 bits per heavy atom. The van der Waals surface area contributed by atoms with Crippen LogP contribution in [0.25, 0.3) is 5.69 Å². The SMILES string of the molecule is Fc1ccccc1[C@@H]1[NH2+]Cc2ccccc2-n2cccc21. The zero-order valence-electron chi connectivity index (χ0n) is 11.5. The zero-order chi connectivity index (χ0) is 14.2. The molecule has 2 nitrogen and oxygen atoms in total. The summed E-state index contributed by atoms with van der Waals surface area (Å²) in [4.78, 5) is 0. The molecule has 1 aromatic heterocycles. The Balaban J connectivity index is 1.90. The van der Waals surface area contributed by atoms with Crippen LogP contribution in [0.3, 0.4) is 0 Å². The number of rotatable bonds is 1. The van der Waals surface area contributed by atoms with Crippen LogP contribution in [0.2, 0.25) is 0 Å². The molecule has 2 aromatic carbocycles. The Kier molecular flexibility index (Phi) is 2.86. The maximum Gasteiger partial charge on any atom is 0.156 e. The molecule has 0 fully saturated rings. The van der Waals surface area contributed by atoms with Crippen LogP contribution in [0.4, 0.5) is 4.39 Å². The van der Waals surface area contributed by atoms with Gasteiger partial charge in [-0.3, -0.25) is 0 Å². The molecule has 104 valence electrons. The summed E-state index contributed by atoms with van der Waals surface area (Å²) in [5, 5.41) is 2.20. The van der Waals surface area contributed by atoms with E-state index < -0.39 is 0 Å². The van der Waals surface area contributed by atoms with Crippen LogP contribution in [-0.4, -0.2) is 4.57 Å². The van der Waals surface area contributed by atoms with E-state index in [9.17, 15) is 4.39 Å². The predicted octanol–water partition coefficient (Wildman–Crippen LogP) is 2.78. The number of aromatic nitrogens is 1. The maximum absolute atomic E-state index is 14.2. The minimum absolute atomic E-state index is 0.0198. The molecule has 1 atom stereocenters. The molecule has 0 spiro atoms. The van der Waals surface area contributed by atoms with Crippen LogP contribution in [0.5, 0.6) is 0 Å². The number of benzene rings is 2. The molecule has 1 aliphatic rings. The third-order valence-corrected chi connectivity index (χ3v) is 4.16. The van der Waals surface area contributed by atoms with Gasteiger partial charge in [0, 0.05) is 11.8 Å². The minimum atomic E-state index is -0.141. The maximum atomic E-state index is 14.2. The van der Waals surface area contributed by atoms with Gasteiger partial charge >= 0.3 is 0 Å². The topological polar surface area (TPSA) is 21.5 Å². The van der Waals surface area contributed by atoms with Gasteiger partial charge in [0.05, 0.1) is 16.9 Å². The highest BCUT2D eigenvalue weighted by atomic mass is 19.1. The summed E-state index contributed by atoms with van der Waals surface area (Å²) in [6, 6.07) is 19.5. The van der Waals surface area contributed by atoms with Gasteiger partial charge in [0.25, 0.3) is 0 Å². The number of para-hydroxylation sites is 1. The molecular formula is C18H16FN2+. The monoisotopic (exact) mass is 279 g/mol. The van der Waals surface area contributed by atoms with Gasteiger partial charge < -0.3 is 9.88 Å². The molecule has 2 N–H and O–H groups in total. The van der Waals surface area contributed by atoms with E-state index in [-0.39, 0.29) is 11.9 Å². The van der Waals surface area contributed by atoms with Gasteiger partial charge in [0.1, 0.15) is 12.4 Å². The number of nitrogens with two attached hydrogens (primary N) is 1. The van der Waals surface area contributed by atoms with Gasteiger partial charge in [-0.25, -0.2) is 4.39 Å². The lowest BCUT2D eigenvalue weighted by molar-refractivity contribution is -0.702. The molecule has 4 rings (SSSR count). The van der Waals surface area contributed by atoms with E-state index in [1.165, 1.54) is 17.3 Å². The van der Waals surface area contributed by atoms with Crippen molar-refractivity contribution in [2.45, 2.75) is 12.6 Å². The lowest BCUT2D eigenvalue weighted by Gasteiger charge is -2.15. The first-order valence-electron chi connectivity index (χ1n) is 7.18. The van der Waals surface area contributed by atoms with Crippen molar-refractivity contribution in [3.63, 3.8) is 0 Å². The van der Waals surface area contributed by atoms with E-state index in [1.54, 1.807) is 6.07 Å². The molecule has 0 amide bonds. The van der Waals surface area contributed by atoms with Crippen LogP contribution >= 0.6 is 0 Å². The van der Waals surface area contributed by atoms with Crippen LogP contribution in [0, 0.1) is 5.82 Å². The van der Waals surface area contributed by atoms with Crippen molar-refractivity contribution in [3.8, 4) is 5.69 Å². The highest BCUT2D eigenvalue weighted by Crippen LogP contribution is 2.27. The summed E-state index contributed by atoms with van der Waals surface area (Å²) in [5.41, 5.74) is 4.32. The predicted molar refractivity (Wildman–Crippen MR) is 79.6 cm³/mol. The second-order valence-electron chi connectivity index (χ2n) is 5.37. The molecular weight excluding hydrogens is 263 g/mol. The van der Waals surface area contributed by atoms with E-state index in [2.05, 4.69) is 40.3 Å². The van der Waals surface area contributed by atoms with Gasteiger partial charge in [-0.05, 0) is 30.3 Å². The fraction of sp³-hybridized carbons (Fsp3) is 0.111. The van der Waals surface area contributed by atoms with Crippen LogP contribution < -0.4 is 5.32 Å². The number of fused-ring (bicyclic) bond motifs is 3. The van der Waals surface area contributed by atoms with Gasteiger partial charge in [-0.1, -0.05) is 30.3 Å². The summed E-state index contributed by atoms with van der Waals surface area (Å²) in [7, 11) is 0. The highest BCUT2D eigenvalue weighted by molar-refractivity contribution is 5.45. The van der Waals surface area contributed by atoms with Crippen molar-refractivity contribution in [2.75, 3.05) is 0 Å². The van der Waals surface area contributed by atoms with Gasteiger partial charge in [0.2, 0.25) is 0 Å². The number of hydrogen-bond acceptors (Lipinski definition) is 0. The lowest BCUT2D eigenvalue weighted by atomic mass is 10.0. The summed E-state index contributed by atoms with van der Waals surface area (Å²) in [6.07, 6.45) is 2.06. The van der Waals surface area contributed by atoms with Crippen molar-refractivity contribution in [3.05, 3.63) is 89.5 Å². The molecule has 0 saturated carbocycles. The Morgan fingerprint density at radius 1 is 0.952 bits per heavy atom. The Hall–Kier alpha value is -2.39. The Morgan fingerprint density at radius 2 is 1.76 bits per heavy atom. The molecule has 21 heavy (non-hydrogen) atoms. The Bertz CT molecular complexity index is 791. The summed E-state index contributed by atoms with van der Waals surface area (Å²) < 4.78 is 16.4. The van der Waals surface area contributed by atoms with E-state index >= 15 is 0 Å². The second-order valence-corrected chi connectivity index (χ2v) is 5.37. The molecule has 0 aliphatic carbocycles. The quantitative estimate of drug-likeness (QED) is 0.707. The van der Waals surface area contributed by atoms with E-state index in [0.29, 0.717) is 0 Å². The van der Waals surface area contributed by atoms with Crippen molar-refractivity contribution in [2.24, 2.45) is 0 Å². The van der Waals surface area contributed by atoms with Crippen molar-refractivity contribution >= 4 is 0 Å². The number of quaternary nitrogens is 1. The molecule has 1 aliphatic heterocycles. The Labute approximate surface area is 122 Å². The molecule has 0 radical (unpaired) electrons. The first kappa shape index (κ1) is 12.4. The highest BCUT2D eigenvalue weighted by Gasteiger charge is 2.27. The van der Waals surface area contributed by atoms with E-state index in [1.807, 2.05) is 24.3 Å². The van der Waals surface area contributed by atoms with Crippen LogP contribution in [0.15, 0.2) is 66.9 Å². The number of nitrogens with zero attached hydrogens (tertiary/aromatic N) is 1. The van der Waals surface area contributed by atoms with Gasteiger partial charge in [-0.2, -0.15) is 0 Å². The van der Waals surface area contributed by atoms with Crippen molar-refractivity contribution in [1.29, 1.82) is 0 Å². The average molecular weight is 279 g/mol. The second kappa shape index (κ2) is 4.86. The first-order chi connectivity index (χ1) is 10.3. The van der Waals surface area contributed by atoms with Crippen molar-refractivity contribution < 1.29 is 9.71 Å². The third kappa shape index (κ3) is 1.98. The molecule has 2 heterocycles. The molecule has 3 aromatic rings. The van der Waals surface area contributed by atoms with Crippen LogP contribution in [0.1, 0.15) is 22.9 Å². The summed E-state index contributed by atoms with van der Waals surface area (Å²) in [5.74, 6) is -0.141. The molecule has 3 heteroatoms.